The molecule has 0 radical (unpaired) electrons. The Morgan fingerprint density at radius 3 is 2.75 bits per heavy atom. The van der Waals surface area contributed by atoms with Gasteiger partial charge in [0, 0.05) is 30.6 Å². The fraction of sp³-hybridized carbons (Fsp3) is 0.500. The van der Waals surface area contributed by atoms with Gasteiger partial charge in [-0.1, -0.05) is 0 Å². The molecule has 3 rings (SSSR count). The largest absolute Gasteiger partial charge is 0.354 e. The molecule has 1 N–H and O–H groups in total. The van der Waals surface area contributed by atoms with Gasteiger partial charge in [-0.15, -0.1) is 0 Å². The quantitative estimate of drug-likeness (QED) is 0.937. The first-order valence-corrected chi connectivity index (χ1v) is 8.08. The molecule has 3 heterocycles. The molecule has 1 fully saturated rings. The van der Waals surface area contributed by atoms with E-state index in [4.69, 9.17) is 0 Å². The van der Waals surface area contributed by atoms with Crippen LogP contribution in [-0.2, 0) is 0 Å². The highest BCUT2D eigenvalue weighted by Crippen LogP contribution is 2.23. The van der Waals surface area contributed by atoms with Crippen LogP contribution in [0.25, 0.3) is 11.4 Å². The zero-order chi connectivity index (χ0) is 13.8. The fourth-order valence-corrected chi connectivity index (χ4v) is 2.99. The summed E-state index contributed by atoms with van der Waals surface area (Å²) in [6.45, 7) is 4.94. The third kappa shape index (κ3) is 2.90. The Hall–Kier alpha value is -1.69. The van der Waals surface area contributed by atoms with Gasteiger partial charge in [-0.05, 0) is 37.6 Å². The number of rotatable bonds is 4. The summed E-state index contributed by atoms with van der Waals surface area (Å²) < 4.78 is 0. The van der Waals surface area contributed by atoms with E-state index in [2.05, 4.69) is 43.5 Å². The molecule has 0 atom stereocenters. The van der Waals surface area contributed by atoms with Gasteiger partial charge in [0.1, 0.15) is 0 Å². The van der Waals surface area contributed by atoms with Crippen LogP contribution >= 0.6 is 11.3 Å². The molecule has 0 bridgehead atoms. The van der Waals surface area contributed by atoms with Crippen molar-refractivity contribution >= 4 is 23.2 Å². The van der Waals surface area contributed by atoms with Gasteiger partial charge in [0.25, 0.3) is 0 Å². The summed E-state index contributed by atoms with van der Waals surface area (Å²) in [5, 5.41) is 7.33. The molecule has 1 aliphatic heterocycles. The topological polar surface area (TPSA) is 53.9 Å². The molecule has 106 valence electrons. The van der Waals surface area contributed by atoms with E-state index in [-0.39, 0.29) is 0 Å². The van der Waals surface area contributed by atoms with Gasteiger partial charge in [-0.3, -0.25) is 0 Å². The van der Waals surface area contributed by atoms with Crippen LogP contribution in [-0.4, -0.2) is 34.6 Å². The third-order valence-corrected chi connectivity index (χ3v) is 4.06. The van der Waals surface area contributed by atoms with Crippen molar-refractivity contribution in [3.63, 3.8) is 0 Å². The predicted octanol–water partition coefficient (Wildman–Crippen LogP) is 3.02. The molecular formula is C14H19N5S. The Bertz CT molecular complexity index is 549. The molecular weight excluding hydrogens is 270 g/mol. The molecule has 20 heavy (non-hydrogen) atoms. The van der Waals surface area contributed by atoms with Gasteiger partial charge < -0.3 is 10.2 Å². The van der Waals surface area contributed by atoms with Crippen LogP contribution in [0.5, 0.6) is 0 Å². The minimum absolute atomic E-state index is 0.671. The van der Waals surface area contributed by atoms with Crippen molar-refractivity contribution in [2.75, 3.05) is 29.9 Å². The molecule has 6 heteroatoms. The van der Waals surface area contributed by atoms with E-state index in [1.165, 1.54) is 19.3 Å². The monoisotopic (exact) mass is 289 g/mol. The SMILES string of the molecule is CCNc1nc(-c2ccsc2)nc(N2CCCCC2)n1. The molecule has 2 aromatic heterocycles. The standard InChI is InChI=1S/C14H19N5S/c1-2-15-13-16-12(11-6-9-20-10-11)17-14(18-13)19-7-4-3-5-8-19/h6,9-10H,2-5,7-8H2,1H3,(H,15,16,17,18). The second kappa shape index (κ2) is 6.17. The van der Waals surface area contributed by atoms with Crippen molar-refractivity contribution in [1.82, 2.24) is 15.0 Å². The summed E-state index contributed by atoms with van der Waals surface area (Å²) in [7, 11) is 0. The highest BCUT2D eigenvalue weighted by atomic mass is 32.1. The first-order chi connectivity index (χ1) is 9.86. The van der Waals surface area contributed by atoms with E-state index >= 15 is 0 Å². The lowest BCUT2D eigenvalue weighted by Crippen LogP contribution is -2.31. The number of hydrogen-bond acceptors (Lipinski definition) is 6. The van der Waals surface area contributed by atoms with E-state index < -0.39 is 0 Å². The molecule has 0 spiro atoms. The van der Waals surface area contributed by atoms with Crippen LogP contribution in [0, 0.1) is 0 Å². The van der Waals surface area contributed by atoms with Gasteiger partial charge in [0.2, 0.25) is 11.9 Å². The summed E-state index contributed by atoms with van der Waals surface area (Å²) in [6.07, 6.45) is 3.74. The Labute approximate surface area is 123 Å². The molecule has 0 aromatic carbocycles. The smallest absolute Gasteiger partial charge is 0.230 e. The minimum atomic E-state index is 0.671. The van der Waals surface area contributed by atoms with Gasteiger partial charge in [-0.2, -0.15) is 26.3 Å². The zero-order valence-corrected chi connectivity index (χ0v) is 12.5. The van der Waals surface area contributed by atoms with Crippen LogP contribution in [0.1, 0.15) is 26.2 Å². The molecule has 1 aliphatic rings. The number of nitrogens with zero attached hydrogens (tertiary/aromatic N) is 4. The number of nitrogens with one attached hydrogen (secondary N) is 1. The average molecular weight is 289 g/mol. The van der Waals surface area contributed by atoms with E-state index in [0.29, 0.717) is 5.95 Å². The van der Waals surface area contributed by atoms with E-state index in [1.54, 1.807) is 11.3 Å². The summed E-state index contributed by atoms with van der Waals surface area (Å²) >= 11 is 1.66. The predicted molar refractivity (Wildman–Crippen MR) is 83.4 cm³/mol. The Morgan fingerprint density at radius 2 is 2.05 bits per heavy atom. The van der Waals surface area contributed by atoms with Crippen molar-refractivity contribution in [3.8, 4) is 11.4 Å². The van der Waals surface area contributed by atoms with Gasteiger partial charge in [0.15, 0.2) is 5.82 Å². The lowest BCUT2D eigenvalue weighted by molar-refractivity contribution is 0.568. The molecule has 0 amide bonds. The van der Waals surface area contributed by atoms with Gasteiger partial charge in [0.05, 0.1) is 0 Å². The molecule has 0 saturated carbocycles. The molecule has 0 unspecified atom stereocenters. The fourth-order valence-electron chi connectivity index (χ4n) is 2.36. The van der Waals surface area contributed by atoms with Crippen molar-refractivity contribution < 1.29 is 0 Å². The Kier molecular flexibility index (Phi) is 4.11. The van der Waals surface area contributed by atoms with Crippen LogP contribution in [0.2, 0.25) is 0 Å². The van der Waals surface area contributed by atoms with Crippen LogP contribution in [0.3, 0.4) is 0 Å². The van der Waals surface area contributed by atoms with E-state index in [0.717, 1.165) is 37.0 Å². The number of anilines is 2. The minimum Gasteiger partial charge on any atom is -0.354 e. The van der Waals surface area contributed by atoms with Crippen molar-refractivity contribution in [3.05, 3.63) is 16.8 Å². The molecule has 2 aromatic rings. The number of thiophene rings is 1. The lowest BCUT2D eigenvalue weighted by Gasteiger charge is -2.26. The van der Waals surface area contributed by atoms with Crippen molar-refractivity contribution in [2.45, 2.75) is 26.2 Å². The molecule has 0 aliphatic carbocycles. The average Bonchev–Trinajstić information content (AvgIpc) is 3.02. The first kappa shape index (κ1) is 13.3. The second-order valence-electron chi connectivity index (χ2n) is 4.87. The normalized spacial score (nSPS) is 15.3. The highest BCUT2D eigenvalue weighted by Gasteiger charge is 2.16. The highest BCUT2D eigenvalue weighted by molar-refractivity contribution is 7.08. The van der Waals surface area contributed by atoms with E-state index in [1.807, 2.05) is 5.38 Å². The van der Waals surface area contributed by atoms with Crippen molar-refractivity contribution in [1.29, 1.82) is 0 Å². The summed E-state index contributed by atoms with van der Waals surface area (Å²) in [6, 6.07) is 2.05. The maximum Gasteiger partial charge on any atom is 0.230 e. The maximum atomic E-state index is 4.65. The zero-order valence-electron chi connectivity index (χ0n) is 11.7. The summed E-state index contributed by atoms with van der Waals surface area (Å²) in [5.41, 5.74) is 1.06. The van der Waals surface area contributed by atoms with E-state index in [9.17, 15) is 0 Å². The second-order valence-corrected chi connectivity index (χ2v) is 5.65. The number of piperidine rings is 1. The van der Waals surface area contributed by atoms with Crippen LogP contribution in [0.4, 0.5) is 11.9 Å². The van der Waals surface area contributed by atoms with Gasteiger partial charge in [-0.25, -0.2) is 0 Å². The van der Waals surface area contributed by atoms with Crippen LogP contribution in [0.15, 0.2) is 16.8 Å². The Morgan fingerprint density at radius 1 is 1.20 bits per heavy atom. The first-order valence-electron chi connectivity index (χ1n) is 7.14. The molecule has 5 nitrogen and oxygen atoms in total. The van der Waals surface area contributed by atoms with Crippen LogP contribution < -0.4 is 10.2 Å². The summed E-state index contributed by atoms with van der Waals surface area (Å²) in [5.74, 6) is 2.24. The number of hydrogen-bond donors (Lipinski definition) is 1. The van der Waals surface area contributed by atoms with Crippen molar-refractivity contribution in [2.24, 2.45) is 0 Å². The lowest BCUT2D eigenvalue weighted by atomic mass is 10.1. The number of aromatic nitrogens is 3. The third-order valence-electron chi connectivity index (χ3n) is 3.38. The summed E-state index contributed by atoms with van der Waals surface area (Å²) in [4.78, 5) is 16.0. The van der Waals surface area contributed by atoms with Gasteiger partial charge >= 0.3 is 0 Å². The molecule has 1 saturated heterocycles. The maximum absolute atomic E-state index is 4.65. The Balaban J connectivity index is 1.95.